The highest BCUT2D eigenvalue weighted by Crippen LogP contribution is 2.29. The number of ether oxygens (including phenoxy) is 1. The third-order valence-electron chi connectivity index (χ3n) is 1.71. The third kappa shape index (κ3) is 1.86. The highest BCUT2D eigenvalue weighted by atomic mass is 16.7. The van der Waals surface area contributed by atoms with E-state index in [-0.39, 0.29) is 0 Å². The zero-order valence-electron chi connectivity index (χ0n) is 6.97. The lowest BCUT2D eigenvalue weighted by molar-refractivity contribution is -0.274. The van der Waals surface area contributed by atoms with Crippen LogP contribution in [-0.4, -0.2) is 38.9 Å². The van der Waals surface area contributed by atoms with Crippen molar-refractivity contribution in [1.82, 2.24) is 0 Å². The van der Waals surface area contributed by atoms with E-state index in [1.165, 1.54) is 6.92 Å². The lowest BCUT2D eigenvalue weighted by atomic mass is 10.1. The Morgan fingerprint density at radius 3 is 2.38 bits per heavy atom. The summed E-state index contributed by atoms with van der Waals surface area (Å²) in [6.07, 6.45) is 2.15. The quantitative estimate of drug-likeness (QED) is 0.388. The van der Waals surface area contributed by atoms with Crippen LogP contribution in [0.15, 0.2) is 12.2 Å². The predicted molar refractivity (Wildman–Crippen MR) is 41.4 cm³/mol. The number of aliphatic hydroxyl groups is 2. The molecule has 74 valence electrons. The Labute approximate surface area is 74.2 Å². The molecule has 0 aromatic rings. The fraction of sp³-hybridized carbons (Fsp3) is 0.571. The van der Waals surface area contributed by atoms with Crippen LogP contribution in [0.2, 0.25) is 0 Å². The first-order chi connectivity index (χ1) is 5.77. The highest BCUT2D eigenvalue weighted by molar-refractivity contribution is 5.75. The van der Waals surface area contributed by atoms with Crippen LogP contribution in [0.25, 0.3) is 0 Å². The van der Waals surface area contributed by atoms with Crippen LogP contribution in [-0.2, 0) is 9.53 Å². The molecular weight excluding hydrogens is 178 g/mol. The summed E-state index contributed by atoms with van der Waals surface area (Å²) in [5.41, 5.74) is 5.14. The van der Waals surface area contributed by atoms with Crippen molar-refractivity contribution < 1.29 is 24.9 Å². The summed E-state index contributed by atoms with van der Waals surface area (Å²) < 4.78 is 4.65. The van der Waals surface area contributed by atoms with Gasteiger partial charge < -0.3 is 25.8 Å². The van der Waals surface area contributed by atoms with Gasteiger partial charge in [0.1, 0.15) is 0 Å². The van der Waals surface area contributed by atoms with Crippen LogP contribution in [0.1, 0.15) is 6.92 Å². The highest BCUT2D eigenvalue weighted by Gasteiger charge is 2.47. The molecule has 0 aromatic heterocycles. The minimum atomic E-state index is -2.14. The monoisotopic (exact) mass is 189 g/mol. The summed E-state index contributed by atoms with van der Waals surface area (Å²) >= 11 is 0. The summed E-state index contributed by atoms with van der Waals surface area (Å²) in [5, 5.41) is 27.2. The summed E-state index contributed by atoms with van der Waals surface area (Å²) in [6.45, 7) is 1.26. The minimum Gasteiger partial charge on any atom is -0.480 e. The Morgan fingerprint density at radius 2 is 2.08 bits per heavy atom. The van der Waals surface area contributed by atoms with Gasteiger partial charge in [0.2, 0.25) is 5.79 Å². The average molecular weight is 189 g/mol. The number of hydrogen-bond acceptors (Lipinski definition) is 5. The normalized spacial score (nSPS) is 40.6. The van der Waals surface area contributed by atoms with E-state index in [0.717, 1.165) is 12.2 Å². The van der Waals surface area contributed by atoms with Crippen molar-refractivity contribution in [2.75, 3.05) is 0 Å². The number of carboxylic acids is 1. The van der Waals surface area contributed by atoms with Gasteiger partial charge in [-0.2, -0.15) is 0 Å². The van der Waals surface area contributed by atoms with Crippen molar-refractivity contribution in [3.05, 3.63) is 12.2 Å². The van der Waals surface area contributed by atoms with Gasteiger partial charge in [-0.15, -0.1) is 0 Å². The van der Waals surface area contributed by atoms with E-state index in [1.54, 1.807) is 0 Å². The molecule has 5 N–H and O–H groups in total. The van der Waals surface area contributed by atoms with E-state index < -0.39 is 23.6 Å². The smallest absolute Gasteiger partial charge is 0.326 e. The van der Waals surface area contributed by atoms with Crippen LogP contribution in [0.4, 0.5) is 0 Å². The molecule has 0 unspecified atom stereocenters. The Hall–Kier alpha value is -0.950. The van der Waals surface area contributed by atoms with Gasteiger partial charge in [0.25, 0.3) is 0 Å². The third-order valence-corrected chi connectivity index (χ3v) is 1.71. The predicted octanol–water partition coefficient (Wildman–Crippen LogP) is -1.62. The second kappa shape index (κ2) is 2.78. The zero-order chi connectivity index (χ0) is 10.3. The van der Waals surface area contributed by atoms with Crippen molar-refractivity contribution in [2.24, 2.45) is 5.73 Å². The second-order valence-corrected chi connectivity index (χ2v) is 3.06. The molecule has 0 radical (unpaired) electrons. The van der Waals surface area contributed by atoms with E-state index >= 15 is 0 Å². The molecule has 0 aliphatic carbocycles. The topological polar surface area (TPSA) is 113 Å². The molecule has 0 aromatic carbocycles. The molecule has 6 nitrogen and oxygen atoms in total. The van der Waals surface area contributed by atoms with Gasteiger partial charge in [0, 0.05) is 0 Å². The first-order valence-corrected chi connectivity index (χ1v) is 3.60. The van der Waals surface area contributed by atoms with Gasteiger partial charge >= 0.3 is 5.97 Å². The molecule has 1 rings (SSSR count). The van der Waals surface area contributed by atoms with E-state index in [4.69, 9.17) is 10.8 Å². The molecule has 1 aliphatic rings. The van der Waals surface area contributed by atoms with Gasteiger partial charge in [-0.1, -0.05) is 0 Å². The van der Waals surface area contributed by atoms with E-state index in [0.29, 0.717) is 0 Å². The number of rotatable bonds is 2. The standard InChI is InChI=1S/C7H11NO5/c1-6(11)2-3-7(12,13-6)4(8)5(9)10/h2-4,11-12H,8H2,1H3,(H,9,10)/t4-,6+,7-/m1/s1. The summed E-state index contributed by atoms with van der Waals surface area (Å²) in [5.74, 6) is -5.23. The fourth-order valence-corrected chi connectivity index (χ4v) is 1.02. The Morgan fingerprint density at radius 1 is 1.54 bits per heavy atom. The second-order valence-electron chi connectivity index (χ2n) is 3.06. The molecule has 3 atom stereocenters. The van der Waals surface area contributed by atoms with E-state index in [1.807, 2.05) is 0 Å². The van der Waals surface area contributed by atoms with Crippen molar-refractivity contribution in [2.45, 2.75) is 24.5 Å². The van der Waals surface area contributed by atoms with Gasteiger partial charge in [-0.05, 0) is 19.1 Å². The maximum atomic E-state index is 10.4. The van der Waals surface area contributed by atoms with Crippen LogP contribution in [0.3, 0.4) is 0 Å². The largest absolute Gasteiger partial charge is 0.480 e. The Balaban J connectivity index is 2.83. The van der Waals surface area contributed by atoms with Gasteiger partial charge in [0.15, 0.2) is 11.8 Å². The lowest BCUT2D eigenvalue weighted by Gasteiger charge is -2.28. The summed E-state index contributed by atoms with van der Waals surface area (Å²) in [7, 11) is 0. The zero-order valence-corrected chi connectivity index (χ0v) is 6.97. The van der Waals surface area contributed by atoms with Gasteiger partial charge in [-0.25, -0.2) is 0 Å². The number of carboxylic acid groups (broad SMARTS) is 1. The maximum absolute atomic E-state index is 10.4. The Kier molecular flexibility index (Phi) is 2.16. The van der Waals surface area contributed by atoms with Crippen LogP contribution >= 0.6 is 0 Å². The SMILES string of the molecule is C[C@@]1(O)C=C[C@](O)([C@H](N)C(=O)O)O1. The number of carbonyl (C=O) groups is 1. The molecular formula is C7H11NO5. The van der Waals surface area contributed by atoms with Crippen LogP contribution < -0.4 is 5.73 Å². The number of nitrogens with two attached hydrogens (primary N) is 1. The minimum absolute atomic E-state index is 1.02. The number of hydrogen-bond donors (Lipinski definition) is 4. The number of aliphatic carboxylic acids is 1. The summed E-state index contributed by atoms with van der Waals surface area (Å²) in [6, 6.07) is -1.63. The molecule has 0 saturated heterocycles. The molecule has 0 spiro atoms. The molecule has 0 amide bonds. The molecule has 0 fully saturated rings. The molecule has 0 bridgehead atoms. The molecule has 1 aliphatic heterocycles. The average Bonchev–Trinajstić information content (AvgIpc) is 2.25. The van der Waals surface area contributed by atoms with Crippen LogP contribution in [0.5, 0.6) is 0 Å². The maximum Gasteiger partial charge on any atom is 0.326 e. The fourth-order valence-electron chi connectivity index (χ4n) is 1.02. The van der Waals surface area contributed by atoms with Crippen molar-refractivity contribution in [1.29, 1.82) is 0 Å². The van der Waals surface area contributed by atoms with Crippen molar-refractivity contribution in [3.63, 3.8) is 0 Å². The van der Waals surface area contributed by atoms with E-state index in [2.05, 4.69) is 4.74 Å². The molecule has 6 heteroatoms. The van der Waals surface area contributed by atoms with E-state index in [9.17, 15) is 15.0 Å². The first kappa shape index (κ1) is 10.1. The lowest BCUT2D eigenvalue weighted by Crippen LogP contribution is -2.53. The Bertz CT molecular complexity index is 262. The van der Waals surface area contributed by atoms with Crippen LogP contribution in [0, 0.1) is 0 Å². The molecule has 0 saturated carbocycles. The van der Waals surface area contributed by atoms with Gasteiger partial charge in [-0.3, -0.25) is 4.79 Å². The first-order valence-electron chi connectivity index (χ1n) is 3.60. The van der Waals surface area contributed by atoms with Crippen molar-refractivity contribution >= 4 is 5.97 Å². The molecule has 1 heterocycles. The molecule has 13 heavy (non-hydrogen) atoms. The van der Waals surface area contributed by atoms with Crippen molar-refractivity contribution in [3.8, 4) is 0 Å². The van der Waals surface area contributed by atoms with Gasteiger partial charge in [0.05, 0.1) is 0 Å². The summed E-state index contributed by atoms with van der Waals surface area (Å²) in [4.78, 5) is 10.4.